The van der Waals surface area contributed by atoms with Crippen molar-refractivity contribution in [2.75, 3.05) is 14.2 Å². The molecule has 0 fully saturated rings. The van der Waals surface area contributed by atoms with Crippen LogP contribution in [0, 0.1) is 0 Å². The summed E-state index contributed by atoms with van der Waals surface area (Å²) in [6, 6.07) is 33.2. The van der Waals surface area contributed by atoms with Gasteiger partial charge in [-0.15, -0.1) is 20.4 Å². The van der Waals surface area contributed by atoms with Crippen LogP contribution >= 0.6 is 15.6 Å². The van der Waals surface area contributed by atoms with E-state index in [2.05, 4.69) is 30.4 Å². The van der Waals surface area contributed by atoms with Crippen molar-refractivity contribution in [1.82, 2.24) is 30.4 Å². The summed E-state index contributed by atoms with van der Waals surface area (Å²) in [6.45, 7) is 0. The zero-order valence-corrected chi connectivity index (χ0v) is 41.6. The van der Waals surface area contributed by atoms with Crippen molar-refractivity contribution in [2.45, 2.75) is 0 Å². The molecule has 4 N–H and O–H groups in total. The van der Waals surface area contributed by atoms with E-state index in [4.69, 9.17) is 28.5 Å². The number of aliphatic hydroxyl groups is 2. The average Bonchev–Trinajstić information content (AvgIpc) is 4.01. The topological polar surface area (TPSA) is 237 Å². The van der Waals surface area contributed by atoms with Crippen LogP contribution in [0.3, 0.4) is 0 Å². The Balaban J connectivity index is 0.000000549. The Bertz CT molecular complexity index is 2840. The van der Waals surface area contributed by atoms with Crippen LogP contribution in [0.15, 0.2) is 155 Å². The van der Waals surface area contributed by atoms with Crippen LogP contribution < -0.4 is 9.47 Å². The molecule has 0 aliphatic carbocycles. The molecule has 4 heterocycles. The summed E-state index contributed by atoms with van der Waals surface area (Å²) >= 11 is 0. The van der Waals surface area contributed by atoms with Crippen molar-refractivity contribution >= 4 is 27.6 Å². The number of para-hydroxylation sites is 4. The van der Waals surface area contributed by atoms with Crippen molar-refractivity contribution in [3.63, 3.8) is 0 Å². The number of hydrogen-bond acceptors (Lipinski definition) is 16. The standard InChI is InChI=1S/2C20H13N3O4.2CH4O.2Ag.2F6P/c2*24-16-7-3-1-5-14(16)18-22-23-19(27-18)15-6-2-4-8-17(15)26-20(25)13-9-11-21-12-10-13;2*1-2;;;2*1-7(2,3,4,5)6/h2*1-12,24H;2*2H,1H3;;;;/q;;;;2*+1;2*-1. The summed E-state index contributed by atoms with van der Waals surface area (Å²) in [7, 11) is -19.3. The van der Waals surface area contributed by atoms with Gasteiger partial charge in [0.1, 0.15) is 23.0 Å². The number of pyridine rings is 2. The first-order valence-corrected chi connectivity index (χ1v) is 23.1. The van der Waals surface area contributed by atoms with E-state index in [1.807, 2.05) is 0 Å². The molecule has 74 heavy (non-hydrogen) atoms. The molecule has 0 unspecified atom stereocenters. The Morgan fingerprint density at radius 1 is 0.405 bits per heavy atom. The van der Waals surface area contributed by atoms with Gasteiger partial charge in [0, 0.05) is 39.0 Å². The number of esters is 2. The number of rotatable bonds is 8. The molecule has 0 amide bonds. The largest absolute Gasteiger partial charge is 1.00 e. The first kappa shape index (κ1) is 65.4. The summed E-state index contributed by atoms with van der Waals surface area (Å²) in [5.41, 5.74) is 2.52. The number of benzene rings is 4. The SMILES string of the molecule is CO.CO.F[P-](F)(F)(F)(F)F.F[P-](F)(F)(F)(F)F.O=C(Oc1ccccc1-c1nnc(-c2ccccc2O)o1)c1ccncc1.O=C(Oc1ccccc1-c1nnc(-c2ccccc2O)o1)c1ccncc1.[Ag+].[Ag+]. The molecule has 0 atom stereocenters. The van der Waals surface area contributed by atoms with Gasteiger partial charge in [-0.3, -0.25) is 9.97 Å². The number of aliphatic hydroxyl groups excluding tert-OH is 2. The van der Waals surface area contributed by atoms with Crippen LogP contribution in [-0.2, 0) is 44.8 Å². The number of nitrogens with zero attached hydrogens (tertiary/aromatic N) is 6. The summed E-state index contributed by atoms with van der Waals surface area (Å²) in [6.07, 6.45) is 6.05. The number of carbonyl (C=O) groups excluding carboxylic acids is 2. The number of phenolic OH excluding ortho intramolecular Hbond substituents is 2. The van der Waals surface area contributed by atoms with Crippen molar-refractivity contribution < 1.29 is 143 Å². The van der Waals surface area contributed by atoms with Crippen molar-refractivity contribution in [3.8, 4) is 68.8 Å². The Morgan fingerprint density at radius 2 is 0.635 bits per heavy atom. The molecule has 8 aromatic rings. The maximum atomic E-state index is 12.3. The third-order valence-electron chi connectivity index (χ3n) is 7.59. The third kappa shape index (κ3) is 25.4. The number of halogens is 12. The predicted molar refractivity (Wildman–Crippen MR) is 235 cm³/mol. The Hall–Kier alpha value is -6.58. The summed E-state index contributed by atoms with van der Waals surface area (Å²) < 4.78 is 141. The second-order valence-electron chi connectivity index (χ2n) is 13.0. The monoisotopic (exact) mass is 1290 g/mol. The molecule has 0 aliphatic rings. The molecule has 8 rings (SSSR count). The van der Waals surface area contributed by atoms with Crippen LogP contribution in [0.2, 0.25) is 0 Å². The van der Waals surface area contributed by atoms with Crippen molar-refractivity contribution in [2.24, 2.45) is 0 Å². The van der Waals surface area contributed by atoms with Crippen LogP contribution in [-0.4, -0.2) is 76.9 Å². The van der Waals surface area contributed by atoms with Crippen molar-refractivity contribution in [1.29, 1.82) is 0 Å². The van der Waals surface area contributed by atoms with Gasteiger partial charge in [0.25, 0.3) is 23.6 Å². The molecule has 16 nitrogen and oxygen atoms in total. The maximum absolute atomic E-state index is 12.3. The third-order valence-corrected chi connectivity index (χ3v) is 7.59. The number of carbonyl (C=O) groups is 2. The van der Waals surface area contributed by atoms with E-state index in [1.54, 1.807) is 109 Å². The molecule has 0 spiro atoms. The summed E-state index contributed by atoms with van der Waals surface area (Å²) in [5.74, 6) is 0.263. The minimum Gasteiger partial charge on any atom is -0.507 e. The number of aromatic nitrogens is 6. The normalized spacial score (nSPS) is 12.2. The average molecular weight is 1290 g/mol. The molecule has 0 saturated carbocycles. The Kier molecular flexibility index (Phi) is 22.6. The van der Waals surface area contributed by atoms with E-state index in [9.17, 15) is 70.2 Å². The minimum absolute atomic E-state index is 0. The fourth-order valence-corrected chi connectivity index (χ4v) is 4.95. The summed E-state index contributed by atoms with van der Waals surface area (Å²) in [5, 5.41) is 49.9. The molecule has 4 aromatic heterocycles. The van der Waals surface area contributed by atoms with Crippen LogP contribution in [0.5, 0.6) is 23.0 Å². The maximum Gasteiger partial charge on any atom is 1.00 e. The van der Waals surface area contributed by atoms with E-state index < -0.39 is 27.6 Å². The molecule has 0 saturated heterocycles. The number of hydrogen-bond donors (Lipinski definition) is 4. The van der Waals surface area contributed by atoms with Gasteiger partial charge in [0.2, 0.25) is 0 Å². The molecule has 32 heteroatoms. The van der Waals surface area contributed by atoms with Gasteiger partial charge in [0.15, 0.2) is 0 Å². The molecular weight excluding hydrogens is 1250 g/mol. The number of phenols is 2. The molecule has 0 radical (unpaired) electrons. The van der Waals surface area contributed by atoms with Gasteiger partial charge in [-0.25, -0.2) is 9.59 Å². The van der Waals surface area contributed by atoms with Gasteiger partial charge in [-0.2, -0.15) is 0 Å². The first-order chi connectivity index (χ1) is 33.3. The van der Waals surface area contributed by atoms with Gasteiger partial charge in [0.05, 0.1) is 33.4 Å². The minimum atomic E-state index is -10.7. The van der Waals surface area contributed by atoms with Crippen molar-refractivity contribution in [3.05, 3.63) is 157 Å². The van der Waals surface area contributed by atoms with Gasteiger partial charge < -0.3 is 38.7 Å². The van der Waals surface area contributed by atoms with E-state index in [-0.39, 0.29) is 91.3 Å². The van der Waals surface area contributed by atoms with Crippen LogP contribution in [0.4, 0.5) is 50.4 Å². The summed E-state index contributed by atoms with van der Waals surface area (Å²) in [4.78, 5) is 32.4. The predicted octanol–water partition coefficient (Wildman–Crippen LogP) is 13.4. The molecule has 4 aromatic carbocycles. The molecule has 408 valence electrons. The van der Waals surface area contributed by atoms with E-state index in [0.717, 1.165) is 14.2 Å². The molecular formula is C42H34Ag2F12N6O10P2. The second-order valence-corrected chi connectivity index (χ2v) is 16.9. The second kappa shape index (κ2) is 25.6. The van der Waals surface area contributed by atoms with Gasteiger partial charge in [-0.05, 0) is 72.8 Å². The van der Waals surface area contributed by atoms with E-state index in [0.29, 0.717) is 33.4 Å². The van der Waals surface area contributed by atoms with E-state index >= 15 is 0 Å². The zero-order valence-electron chi connectivity index (χ0n) is 36.8. The molecule has 0 bridgehead atoms. The van der Waals surface area contributed by atoms with Gasteiger partial charge in [-0.1, -0.05) is 48.5 Å². The van der Waals surface area contributed by atoms with E-state index in [1.165, 1.54) is 36.9 Å². The quantitative estimate of drug-likeness (QED) is 0.0364. The molecule has 0 aliphatic heterocycles. The van der Waals surface area contributed by atoms with Crippen LogP contribution in [0.25, 0.3) is 45.8 Å². The zero-order chi connectivity index (χ0) is 54.1. The number of aromatic hydroxyl groups is 2. The Morgan fingerprint density at radius 3 is 0.905 bits per heavy atom. The van der Waals surface area contributed by atoms with Gasteiger partial charge >= 0.3 is 123 Å². The smallest absolute Gasteiger partial charge is 0.507 e. The fraction of sp³-hybridized carbons (Fsp3) is 0.0476. The first-order valence-electron chi connectivity index (χ1n) is 19.0. The fourth-order valence-electron chi connectivity index (χ4n) is 4.95. The number of ether oxygens (including phenoxy) is 2. The van der Waals surface area contributed by atoms with Crippen LogP contribution in [0.1, 0.15) is 20.7 Å². The Labute approximate surface area is 439 Å².